The van der Waals surface area contributed by atoms with Crippen LogP contribution in [0.15, 0.2) is 65.4 Å². The van der Waals surface area contributed by atoms with Crippen LogP contribution in [0.1, 0.15) is 38.8 Å². The number of urea groups is 1. The number of aromatic nitrogens is 5. The maximum Gasteiger partial charge on any atom is 0.328 e. The van der Waals surface area contributed by atoms with Gasteiger partial charge in [-0.25, -0.2) is 14.8 Å². The summed E-state index contributed by atoms with van der Waals surface area (Å²) in [6.45, 7) is 13.2. The standard InChI is InChI=1S/C39H45BrN10O3/c1-25-31(23-46(4)45-25)36-43-34-35(32(40)21-41-37(34)44-36)53-30-11-9-28(10-12-30)48-19-20-49(39(2,3)24-48)22-26-13-16-47(17-14-26)27-5-7-29(8-6-27)50-18-15-33(51)42-38(50)52/h5-12,21,23,26H,13-20,22,24H2,1-4H3,(H,41,43,44)(H,42,51,52). The van der Waals surface area contributed by atoms with E-state index in [9.17, 15) is 9.59 Å². The summed E-state index contributed by atoms with van der Waals surface area (Å²) in [4.78, 5) is 45.6. The number of hydrogen-bond acceptors (Lipinski definition) is 9. The number of fused-ring (bicyclic) bond motifs is 1. The van der Waals surface area contributed by atoms with Gasteiger partial charge in [-0.3, -0.25) is 24.6 Å². The number of imide groups is 1. The fraction of sp³-hybridized carbons (Fsp3) is 0.410. The molecule has 0 bridgehead atoms. The smallest absolute Gasteiger partial charge is 0.328 e. The highest BCUT2D eigenvalue weighted by Gasteiger charge is 2.36. The number of hydrogen-bond donors (Lipinski definition) is 2. The highest BCUT2D eigenvalue weighted by atomic mass is 79.9. The molecular weight excluding hydrogens is 736 g/mol. The molecule has 0 unspecified atom stereocenters. The minimum atomic E-state index is -0.347. The number of rotatable bonds is 8. The molecule has 2 aromatic carbocycles. The number of pyridine rings is 1. The van der Waals surface area contributed by atoms with Gasteiger partial charge in [-0.1, -0.05) is 0 Å². The summed E-state index contributed by atoms with van der Waals surface area (Å²) >= 11 is 3.63. The molecule has 3 saturated heterocycles. The predicted molar refractivity (Wildman–Crippen MR) is 210 cm³/mol. The third-order valence-electron chi connectivity index (χ3n) is 10.9. The molecule has 2 N–H and O–H groups in total. The third kappa shape index (κ3) is 7.21. The van der Waals surface area contributed by atoms with Crippen LogP contribution < -0.4 is 24.8 Å². The number of halogens is 1. The first-order valence-corrected chi connectivity index (χ1v) is 19.1. The van der Waals surface area contributed by atoms with Crippen LogP contribution in [-0.2, 0) is 11.8 Å². The van der Waals surface area contributed by atoms with Gasteiger partial charge < -0.3 is 19.5 Å². The molecular formula is C39H45BrN10O3. The molecule has 0 spiro atoms. The first-order valence-electron chi connectivity index (χ1n) is 18.3. The molecule has 53 heavy (non-hydrogen) atoms. The second kappa shape index (κ2) is 14.1. The summed E-state index contributed by atoms with van der Waals surface area (Å²) in [5.74, 6) is 2.53. The number of H-pyrrole nitrogens is 1. The van der Waals surface area contributed by atoms with Crippen molar-refractivity contribution in [2.75, 3.05) is 60.5 Å². The zero-order valence-electron chi connectivity index (χ0n) is 30.6. The van der Waals surface area contributed by atoms with Gasteiger partial charge in [-0.05, 0) is 104 Å². The van der Waals surface area contributed by atoms with Gasteiger partial charge in [0, 0.05) is 94.3 Å². The lowest BCUT2D eigenvalue weighted by molar-refractivity contribution is -0.120. The van der Waals surface area contributed by atoms with Gasteiger partial charge in [0.05, 0.1) is 15.7 Å². The molecule has 3 aromatic heterocycles. The van der Waals surface area contributed by atoms with Crippen molar-refractivity contribution in [3.05, 3.63) is 71.1 Å². The normalized spacial score (nSPS) is 18.5. The summed E-state index contributed by atoms with van der Waals surface area (Å²) < 4.78 is 8.95. The van der Waals surface area contributed by atoms with Crippen molar-refractivity contribution in [3.8, 4) is 22.9 Å². The van der Waals surface area contributed by atoms with Gasteiger partial charge in [0.1, 0.15) is 17.1 Å². The molecule has 3 fully saturated rings. The topological polar surface area (TPSA) is 128 Å². The van der Waals surface area contributed by atoms with Crippen LogP contribution in [0.25, 0.3) is 22.6 Å². The first kappa shape index (κ1) is 35.1. The number of aromatic amines is 1. The Labute approximate surface area is 317 Å². The number of nitrogens with zero attached hydrogens (tertiary/aromatic N) is 8. The highest BCUT2D eigenvalue weighted by Crippen LogP contribution is 2.37. The largest absolute Gasteiger partial charge is 0.454 e. The number of aryl methyl sites for hydroxylation is 2. The van der Waals surface area contributed by atoms with Crippen molar-refractivity contribution in [1.29, 1.82) is 0 Å². The number of nitrogens with one attached hydrogen (secondary N) is 2. The Hall–Kier alpha value is -4.95. The molecule has 0 atom stereocenters. The van der Waals surface area contributed by atoms with E-state index >= 15 is 0 Å². The Morgan fingerprint density at radius 3 is 2.30 bits per heavy atom. The van der Waals surface area contributed by atoms with Crippen molar-refractivity contribution < 1.29 is 14.3 Å². The quantitative estimate of drug-likeness (QED) is 0.182. The van der Waals surface area contributed by atoms with Crippen LogP contribution in [0.2, 0.25) is 0 Å². The molecule has 3 aliphatic heterocycles. The van der Waals surface area contributed by atoms with E-state index in [4.69, 9.17) is 9.72 Å². The SMILES string of the molecule is Cc1nn(C)cc1-c1nc2ncc(Br)c(Oc3ccc(N4CCN(CC5CCN(c6ccc(N7CCC(=O)NC7=O)cc6)CC5)C(C)(C)C4)cc3)c2[nH]1. The van der Waals surface area contributed by atoms with Gasteiger partial charge in [0.15, 0.2) is 11.4 Å². The molecule has 0 saturated carbocycles. The van der Waals surface area contributed by atoms with Gasteiger partial charge in [0.2, 0.25) is 5.91 Å². The van der Waals surface area contributed by atoms with Crippen molar-refractivity contribution >= 4 is 56.1 Å². The lowest BCUT2D eigenvalue weighted by Crippen LogP contribution is -2.60. The second-order valence-electron chi connectivity index (χ2n) is 15.0. The lowest BCUT2D eigenvalue weighted by atomic mass is 9.91. The molecule has 8 rings (SSSR count). The zero-order valence-corrected chi connectivity index (χ0v) is 32.2. The molecule has 0 radical (unpaired) electrons. The fourth-order valence-corrected chi connectivity index (χ4v) is 8.28. The number of carbonyl (C=O) groups is 2. The van der Waals surface area contributed by atoms with Crippen molar-refractivity contribution in [3.63, 3.8) is 0 Å². The number of amides is 3. The van der Waals surface area contributed by atoms with Gasteiger partial charge in [-0.2, -0.15) is 5.10 Å². The molecule has 3 aliphatic rings. The molecule has 3 amide bonds. The zero-order chi connectivity index (χ0) is 36.9. The van der Waals surface area contributed by atoms with Gasteiger partial charge >= 0.3 is 6.03 Å². The van der Waals surface area contributed by atoms with E-state index in [-0.39, 0.29) is 17.5 Å². The second-order valence-corrected chi connectivity index (χ2v) is 15.9. The molecule has 0 aliphatic carbocycles. The van der Waals surface area contributed by atoms with E-state index in [0.717, 1.165) is 84.8 Å². The molecule has 5 aromatic rings. The van der Waals surface area contributed by atoms with E-state index < -0.39 is 0 Å². The Morgan fingerprint density at radius 2 is 1.62 bits per heavy atom. The number of anilines is 3. The maximum absolute atomic E-state index is 12.2. The Bertz CT molecular complexity index is 2140. The van der Waals surface area contributed by atoms with E-state index in [1.54, 1.807) is 15.8 Å². The summed E-state index contributed by atoms with van der Waals surface area (Å²) in [6.07, 6.45) is 6.30. The average Bonchev–Trinajstić information content (AvgIpc) is 3.73. The Morgan fingerprint density at radius 1 is 0.925 bits per heavy atom. The van der Waals surface area contributed by atoms with Crippen LogP contribution in [-0.4, -0.2) is 92.9 Å². The summed E-state index contributed by atoms with van der Waals surface area (Å²) in [7, 11) is 1.90. The minimum Gasteiger partial charge on any atom is -0.454 e. The molecule has 276 valence electrons. The van der Waals surface area contributed by atoms with Crippen molar-refractivity contribution in [1.82, 2.24) is 34.9 Å². The predicted octanol–water partition coefficient (Wildman–Crippen LogP) is 6.49. The average molecular weight is 782 g/mol. The maximum atomic E-state index is 12.2. The van der Waals surface area contributed by atoms with Crippen molar-refractivity contribution in [2.24, 2.45) is 13.0 Å². The van der Waals surface area contributed by atoms with Gasteiger partial charge in [0.25, 0.3) is 0 Å². The molecule has 13 nitrogen and oxygen atoms in total. The van der Waals surface area contributed by atoms with E-state index in [0.29, 0.717) is 36.1 Å². The summed E-state index contributed by atoms with van der Waals surface area (Å²) in [5, 5.41) is 6.85. The van der Waals surface area contributed by atoms with Crippen molar-refractivity contribution in [2.45, 2.75) is 45.6 Å². The fourth-order valence-electron chi connectivity index (χ4n) is 7.90. The Balaban J connectivity index is 0.854. The summed E-state index contributed by atoms with van der Waals surface area (Å²) in [6, 6.07) is 16.2. The minimum absolute atomic E-state index is 0.0319. The number of piperidine rings is 1. The number of carbonyl (C=O) groups excluding carboxylic acids is 2. The lowest BCUT2D eigenvalue weighted by Gasteiger charge is -2.49. The summed E-state index contributed by atoms with van der Waals surface area (Å²) in [5.41, 5.74) is 6.35. The van der Waals surface area contributed by atoms with E-state index in [2.05, 4.69) is 89.1 Å². The van der Waals surface area contributed by atoms with Crippen LogP contribution in [0.4, 0.5) is 21.9 Å². The van der Waals surface area contributed by atoms with Crippen LogP contribution in [0, 0.1) is 12.8 Å². The molecule has 14 heteroatoms. The third-order valence-corrected chi connectivity index (χ3v) is 11.4. The highest BCUT2D eigenvalue weighted by molar-refractivity contribution is 9.10. The molecule has 6 heterocycles. The van der Waals surface area contributed by atoms with E-state index in [1.807, 2.05) is 44.4 Å². The monoisotopic (exact) mass is 780 g/mol. The number of imidazole rings is 1. The van der Waals surface area contributed by atoms with Crippen LogP contribution in [0.3, 0.4) is 0 Å². The number of ether oxygens (including phenoxy) is 1. The van der Waals surface area contributed by atoms with Gasteiger partial charge in [-0.15, -0.1) is 0 Å². The number of benzene rings is 2. The van der Waals surface area contributed by atoms with Crippen LogP contribution >= 0.6 is 15.9 Å². The van der Waals surface area contributed by atoms with E-state index in [1.165, 1.54) is 11.4 Å². The number of piperazine rings is 1. The van der Waals surface area contributed by atoms with Crippen LogP contribution in [0.5, 0.6) is 11.5 Å². The first-order chi connectivity index (χ1) is 25.5. The Kier molecular flexibility index (Phi) is 9.35.